The van der Waals surface area contributed by atoms with Crippen LogP contribution in [0.25, 0.3) is 10.8 Å². The monoisotopic (exact) mass is 291 g/mol. The first kappa shape index (κ1) is 12.6. The van der Waals surface area contributed by atoms with Crippen molar-refractivity contribution in [1.82, 2.24) is 5.32 Å². The molecule has 1 unspecified atom stereocenters. The second kappa shape index (κ2) is 5.65. The van der Waals surface area contributed by atoms with E-state index >= 15 is 0 Å². The van der Waals surface area contributed by atoms with Crippen LogP contribution in [0.2, 0.25) is 0 Å². The van der Waals surface area contributed by atoms with Gasteiger partial charge in [0.15, 0.2) is 0 Å². The summed E-state index contributed by atoms with van der Waals surface area (Å²) in [5.74, 6) is 0. The molecule has 0 saturated heterocycles. The van der Waals surface area contributed by atoms with Crippen LogP contribution < -0.4 is 5.32 Å². The minimum absolute atomic E-state index is 0.419. The number of hydrogen-bond acceptors (Lipinski definition) is 1. The van der Waals surface area contributed by atoms with Crippen molar-refractivity contribution in [3.8, 4) is 0 Å². The number of nitrogens with one attached hydrogen (secondary N) is 1. The van der Waals surface area contributed by atoms with Crippen molar-refractivity contribution in [2.45, 2.75) is 26.3 Å². The largest absolute Gasteiger partial charge is 0.310 e. The third-order valence-corrected chi connectivity index (χ3v) is 3.52. The summed E-state index contributed by atoms with van der Waals surface area (Å²) in [6.07, 6.45) is 1.17. The highest BCUT2D eigenvalue weighted by atomic mass is 79.9. The van der Waals surface area contributed by atoms with Gasteiger partial charge < -0.3 is 5.32 Å². The molecular formula is C15H18BrN. The maximum absolute atomic E-state index is 3.52. The second-order valence-electron chi connectivity index (χ2n) is 4.43. The summed E-state index contributed by atoms with van der Waals surface area (Å²) < 4.78 is 1.13. The van der Waals surface area contributed by atoms with Gasteiger partial charge >= 0.3 is 0 Å². The zero-order chi connectivity index (χ0) is 12.3. The van der Waals surface area contributed by atoms with Gasteiger partial charge in [0, 0.05) is 10.5 Å². The Kier molecular flexibility index (Phi) is 4.19. The molecule has 17 heavy (non-hydrogen) atoms. The van der Waals surface area contributed by atoms with Crippen molar-refractivity contribution in [3.63, 3.8) is 0 Å². The number of fused-ring (bicyclic) bond motifs is 1. The molecule has 0 heterocycles. The normalized spacial score (nSPS) is 12.9. The zero-order valence-corrected chi connectivity index (χ0v) is 11.9. The fraction of sp³-hybridized carbons (Fsp3) is 0.333. The Balaban J connectivity index is 2.28. The topological polar surface area (TPSA) is 12.0 Å². The molecule has 2 heteroatoms. The molecule has 2 aromatic carbocycles. The Morgan fingerprint density at radius 2 is 1.82 bits per heavy atom. The third kappa shape index (κ3) is 3.08. The van der Waals surface area contributed by atoms with Crippen LogP contribution in [0.5, 0.6) is 0 Å². The van der Waals surface area contributed by atoms with Gasteiger partial charge in [-0.05, 0) is 54.4 Å². The molecule has 0 saturated carbocycles. The van der Waals surface area contributed by atoms with Crippen molar-refractivity contribution in [2.24, 2.45) is 0 Å². The van der Waals surface area contributed by atoms with Gasteiger partial charge in [-0.2, -0.15) is 0 Å². The summed E-state index contributed by atoms with van der Waals surface area (Å²) in [5, 5.41) is 6.10. The Morgan fingerprint density at radius 1 is 1.12 bits per heavy atom. The summed E-state index contributed by atoms with van der Waals surface area (Å²) in [5.41, 5.74) is 1.35. The molecule has 0 aliphatic rings. The first-order valence-electron chi connectivity index (χ1n) is 6.13. The van der Waals surface area contributed by atoms with Crippen LogP contribution in [0.1, 0.15) is 31.9 Å². The number of rotatable bonds is 4. The van der Waals surface area contributed by atoms with E-state index in [1.54, 1.807) is 0 Å². The molecule has 0 aromatic heterocycles. The lowest BCUT2D eigenvalue weighted by atomic mass is 10.0. The van der Waals surface area contributed by atoms with Gasteiger partial charge in [-0.3, -0.25) is 0 Å². The molecule has 0 aliphatic heterocycles. The quantitative estimate of drug-likeness (QED) is 0.864. The van der Waals surface area contributed by atoms with E-state index in [-0.39, 0.29) is 0 Å². The molecule has 0 spiro atoms. The van der Waals surface area contributed by atoms with E-state index < -0.39 is 0 Å². The van der Waals surface area contributed by atoms with Crippen molar-refractivity contribution in [2.75, 3.05) is 6.54 Å². The smallest absolute Gasteiger partial charge is 0.0292 e. The summed E-state index contributed by atoms with van der Waals surface area (Å²) in [6.45, 7) is 5.48. The molecule has 0 amide bonds. The van der Waals surface area contributed by atoms with E-state index in [0.29, 0.717) is 6.04 Å². The molecular weight excluding hydrogens is 274 g/mol. The Labute approximate surface area is 111 Å². The summed E-state index contributed by atoms with van der Waals surface area (Å²) in [6, 6.07) is 13.5. The highest BCUT2D eigenvalue weighted by molar-refractivity contribution is 9.10. The number of halogens is 1. The molecule has 1 nitrogen and oxygen atoms in total. The van der Waals surface area contributed by atoms with Crippen molar-refractivity contribution in [3.05, 3.63) is 46.4 Å². The molecule has 0 radical (unpaired) electrons. The van der Waals surface area contributed by atoms with Gasteiger partial charge in [0.2, 0.25) is 0 Å². The van der Waals surface area contributed by atoms with E-state index in [2.05, 4.69) is 71.5 Å². The van der Waals surface area contributed by atoms with Crippen LogP contribution in [0.4, 0.5) is 0 Å². The van der Waals surface area contributed by atoms with E-state index in [0.717, 1.165) is 11.0 Å². The van der Waals surface area contributed by atoms with Gasteiger partial charge in [0.1, 0.15) is 0 Å². The Morgan fingerprint density at radius 3 is 2.59 bits per heavy atom. The van der Waals surface area contributed by atoms with Crippen LogP contribution in [0, 0.1) is 0 Å². The van der Waals surface area contributed by atoms with Crippen LogP contribution in [-0.4, -0.2) is 6.54 Å². The van der Waals surface area contributed by atoms with Gasteiger partial charge in [-0.1, -0.05) is 41.1 Å². The average molecular weight is 292 g/mol. The summed E-state index contributed by atoms with van der Waals surface area (Å²) in [7, 11) is 0. The fourth-order valence-corrected chi connectivity index (χ4v) is 2.36. The molecule has 0 fully saturated rings. The van der Waals surface area contributed by atoms with Crippen LogP contribution in [0.3, 0.4) is 0 Å². The molecule has 2 aromatic rings. The lowest BCUT2D eigenvalue weighted by Crippen LogP contribution is -2.19. The molecule has 0 bridgehead atoms. The van der Waals surface area contributed by atoms with E-state index in [4.69, 9.17) is 0 Å². The fourth-order valence-electron chi connectivity index (χ4n) is 1.98. The summed E-state index contributed by atoms with van der Waals surface area (Å²) in [4.78, 5) is 0. The lowest BCUT2D eigenvalue weighted by Gasteiger charge is -2.14. The van der Waals surface area contributed by atoms with Crippen molar-refractivity contribution >= 4 is 26.7 Å². The molecule has 1 N–H and O–H groups in total. The highest BCUT2D eigenvalue weighted by Gasteiger charge is 2.04. The first-order chi connectivity index (χ1) is 8.20. The predicted octanol–water partition coefficient (Wildman–Crippen LogP) is 4.66. The molecule has 2 rings (SSSR count). The molecule has 0 aliphatic carbocycles. The van der Waals surface area contributed by atoms with Crippen molar-refractivity contribution < 1.29 is 0 Å². The van der Waals surface area contributed by atoms with Gasteiger partial charge in [0.25, 0.3) is 0 Å². The SMILES string of the molecule is CCCNC(C)c1ccc2cc(Br)ccc2c1. The standard InChI is InChI=1S/C15H18BrN/c1-3-8-17-11(2)12-4-5-14-10-15(16)7-6-13(14)9-12/h4-7,9-11,17H,3,8H2,1-2H3. The third-order valence-electron chi connectivity index (χ3n) is 3.03. The number of benzene rings is 2. The zero-order valence-electron chi connectivity index (χ0n) is 10.3. The summed E-state index contributed by atoms with van der Waals surface area (Å²) >= 11 is 3.50. The van der Waals surface area contributed by atoms with E-state index in [1.165, 1.54) is 22.8 Å². The molecule has 1 atom stereocenters. The van der Waals surface area contributed by atoms with Gasteiger partial charge in [0.05, 0.1) is 0 Å². The molecule has 90 valence electrons. The minimum atomic E-state index is 0.419. The Hall–Kier alpha value is -0.860. The van der Waals surface area contributed by atoms with Gasteiger partial charge in [-0.25, -0.2) is 0 Å². The lowest BCUT2D eigenvalue weighted by molar-refractivity contribution is 0.571. The van der Waals surface area contributed by atoms with Crippen LogP contribution in [0.15, 0.2) is 40.9 Å². The minimum Gasteiger partial charge on any atom is -0.310 e. The first-order valence-corrected chi connectivity index (χ1v) is 6.92. The predicted molar refractivity (Wildman–Crippen MR) is 78.4 cm³/mol. The number of hydrogen-bond donors (Lipinski definition) is 1. The van der Waals surface area contributed by atoms with Crippen LogP contribution >= 0.6 is 15.9 Å². The van der Waals surface area contributed by atoms with Gasteiger partial charge in [-0.15, -0.1) is 0 Å². The van der Waals surface area contributed by atoms with Crippen molar-refractivity contribution in [1.29, 1.82) is 0 Å². The average Bonchev–Trinajstić information content (AvgIpc) is 2.35. The van der Waals surface area contributed by atoms with E-state index in [9.17, 15) is 0 Å². The second-order valence-corrected chi connectivity index (χ2v) is 5.34. The van der Waals surface area contributed by atoms with E-state index in [1.807, 2.05) is 0 Å². The van der Waals surface area contributed by atoms with Crippen LogP contribution in [-0.2, 0) is 0 Å². The maximum atomic E-state index is 3.52. The maximum Gasteiger partial charge on any atom is 0.0292 e. The highest BCUT2D eigenvalue weighted by Crippen LogP contribution is 2.23. The Bertz CT molecular complexity index is 507.